The molecule has 4 heteroatoms. The van der Waals surface area contributed by atoms with Gasteiger partial charge < -0.3 is 5.73 Å². The molecule has 1 rings (SSSR count). The Morgan fingerprint density at radius 2 is 2.38 bits per heavy atom. The molecule has 1 aromatic rings. The number of hydrogen-bond donors (Lipinski definition) is 1. The number of aromatic nitrogens is 1. The molecule has 1 aromatic heterocycles. The monoisotopic (exact) mass is 236 g/mol. The summed E-state index contributed by atoms with van der Waals surface area (Å²) < 4.78 is 0. The fourth-order valence-electron chi connectivity index (χ4n) is 1.15. The van der Waals surface area contributed by atoms with Crippen LogP contribution in [0.25, 0.3) is 6.08 Å². The number of allylic oxidation sites excluding steroid dienone is 1. The van der Waals surface area contributed by atoms with Gasteiger partial charge in [-0.15, -0.1) is 0 Å². The van der Waals surface area contributed by atoms with E-state index < -0.39 is 0 Å². The number of carbonyl (C=O) groups excluding carboxylic acids is 1. The fourth-order valence-corrected chi connectivity index (χ4v) is 1.69. The number of thioether (sulfide) groups is 1. The Morgan fingerprint density at radius 1 is 1.62 bits per heavy atom. The summed E-state index contributed by atoms with van der Waals surface area (Å²) >= 11 is 1.34. The third-order valence-electron chi connectivity index (χ3n) is 2.05. The van der Waals surface area contributed by atoms with Crippen LogP contribution in [0.1, 0.15) is 24.6 Å². The molecule has 0 aliphatic heterocycles. The topological polar surface area (TPSA) is 56.0 Å². The number of anilines is 1. The van der Waals surface area contributed by atoms with Gasteiger partial charge in [0.25, 0.3) is 0 Å². The van der Waals surface area contributed by atoms with E-state index >= 15 is 0 Å². The van der Waals surface area contributed by atoms with Crippen molar-refractivity contribution in [3.05, 3.63) is 29.6 Å². The quantitative estimate of drug-likeness (QED) is 0.816. The van der Waals surface area contributed by atoms with Crippen molar-refractivity contribution in [2.24, 2.45) is 0 Å². The average molecular weight is 236 g/mol. The molecule has 16 heavy (non-hydrogen) atoms. The lowest BCUT2D eigenvalue weighted by Crippen LogP contribution is -1.92. The van der Waals surface area contributed by atoms with Crippen LogP contribution >= 0.6 is 11.8 Å². The first kappa shape index (κ1) is 12.8. The van der Waals surface area contributed by atoms with Gasteiger partial charge in [0.15, 0.2) is 5.12 Å². The SMILES string of the molecule is CC(=O)SCCC=Cc1cnc(C)c(N)c1. The van der Waals surface area contributed by atoms with E-state index in [-0.39, 0.29) is 5.12 Å². The van der Waals surface area contributed by atoms with Crippen LogP contribution in [0.2, 0.25) is 0 Å². The van der Waals surface area contributed by atoms with Gasteiger partial charge in [0.1, 0.15) is 0 Å². The van der Waals surface area contributed by atoms with Crippen LogP contribution in [0.4, 0.5) is 5.69 Å². The van der Waals surface area contributed by atoms with Crippen molar-refractivity contribution in [3.63, 3.8) is 0 Å². The molecular weight excluding hydrogens is 220 g/mol. The smallest absolute Gasteiger partial charge is 0.185 e. The van der Waals surface area contributed by atoms with Gasteiger partial charge in [-0.05, 0) is 25.0 Å². The first-order valence-corrected chi connectivity index (χ1v) is 6.10. The molecule has 0 aromatic carbocycles. The van der Waals surface area contributed by atoms with E-state index in [1.54, 1.807) is 13.1 Å². The van der Waals surface area contributed by atoms with Crippen molar-refractivity contribution < 1.29 is 4.79 Å². The number of hydrogen-bond acceptors (Lipinski definition) is 4. The first-order chi connectivity index (χ1) is 7.59. The van der Waals surface area contributed by atoms with Crippen LogP contribution in [0.15, 0.2) is 18.3 Å². The third-order valence-corrected chi connectivity index (χ3v) is 2.89. The molecule has 0 bridgehead atoms. The van der Waals surface area contributed by atoms with Crippen molar-refractivity contribution in [1.29, 1.82) is 0 Å². The second kappa shape index (κ2) is 6.33. The van der Waals surface area contributed by atoms with Crippen LogP contribution in [-0.2, 0) is 4.79 Å². The Bertz CT molecular complexity index is 402. The maximum absolute atomic E-state index is 10.7. The average Bonchev–Trinajstić information content (AvgIpc) is 2.22. The minimum atomic E-state index is 0.162. The summed E-state index contributed by atoms with van der Waals surface area (Å²) in [5.74, 6) is 0.820. The predicted molar refractivity (Wildman–Crippen MR) is 70.2 cm³/mol. The second-order valence-corrected chi connectivity index (χ2v) is 4.75. The molecule has 0 fully saturated rings. The zero-order valence-corrected chi connectivity index (χ0v) is 10.4. The molecule has 0 unspecified atom stereocenters. The molecule has 0 atom stereocenters. The van der Waals surface area contributed by atoms with Crippen molar-refractivity contribution in [2.75, 3.05) is 11.5 Å². The van der Waals surface area contributed by atoms with Gasteiger partial charge >= 0.3 is 0 Å². The number of aryl methyl sites for hydroxylation is 1. The molecule has 0 spiro atoms. The lowest BCUT2D eigenvalue weighted by atomic mass is 10.2. The fraction of sp³-hybridized carbons (Fsp3) is 0.333. The minimum absolute atomic E-state index is 0.162. The van der Waals surface area contributed by atoms with Crippen LogP contribution in [-0.4, -0.2) is 15.9 Å². The van der Waals surface area contributed by atoms with E-state index in [4.69, 9.17) is 5.73 Å². The number of nitrogen functional groups attached to an aromatic ring is 1. The van der Waals surface area contributed by atoms with Crippen molar-refractivity contribution >= 4 is 28.6 Å². The Hall–Kier alpha value is -1.29. The molecule has 0 saturated heterocycles. The third kappa shape index (κ3) is 4.49. The van der Waals surface area contributed by atoms with E-state index in [9.17, 15) is 4.79 Å². The van der Waals surface area contributed by atoms with Crippen LogP contribution in [0.5, 0.6) is 0 Å². The normalized spacial score (nSPS) is 10.9. The van der Waals surface area contributed by atoms with E-state index in [2.05, 4.69) is 4.98 Å². The van der Waals surface area contributed by atoms with E-state index in [0.29, 0.717) is 5.69 Å². The largest absolute Gasteiger partial charge is 0.397 e. The van der Waals surface area contributed by atoms with Gasteiger partial charge in [0.05, 0.1) is 11.4 Å². The highest BCUT2D eigenvalue weighted by atomic mass is 32.2. The Labute approximate surface area is 100 Å². The Balaban J connectivity index is 2.44. The molecule has 0 aliphatic carbocycles. The molecule has 1 heterocycles. The highest BCUT2D eigenvalue weighted by Crippen LogP contribution is 2.11. The van der Waals surface area contributed by atoms with Crippen molar-refractivity contribution in [1.82, 2.24) is 4.98 Å². The zero-order valence-electron chi connectivity index (χ0n) is 9.56. The van der Waals surface area contributed by atoms with Gasteiger partial charge in [-0.2, -0.15) is 0 Å². The van der Waals surface area contributed by atoms with Gasteiger partial charge in [0.2, 0.25) is 0 Å². The summed E-state index contributed by atoms with van der Waals surface area (Å²) in [7, 11) is 0. The molecular formula is C12H16N2OS. The van der Waals surface area contributed by atoms with Gasteiger partial charge in [-0.3, -0.25) is 9.78 Å². The van der Waals surface area contributed by atoms with E-state index in [1.807, 2.05) is 25.1 Å². The standard InChI is InChI=1S/C12H16N2OS/c1-9-12(13)7-11(8-14-9)5-3-4-6-16-10(2)15/h3,5,7-8H,4,6,13H2,1-2H3. The highest BCUT2D eigenvalue weighted by molar-refractivity contribution is 8.13. The Morgan fingerprint density at radius 3 is 3.00 bits per heavy atom. The number of pyridine rings is 1. The van der Waals surface area contributed by atoms with Gasteiger partial charge in [-0.25, -0.2) is 0 Å². The predicted octanol–water partition coefficient (Wildman–Crippen LogP) is 2.66. The zero-order chi connectivity index (χ0) is 12.0. The lowest BCUT2D eigenvalue weighted by Gasteiger charge is -1.99. The summed E-state index contributed by atoms with van der Waals surface area (Å²) in [4.78, 5) is 14.8. The number of rotatable bonds is 4. The van der Waals surface area contributed by atoms with Crippen molar-refractivity contribution in [2.45, 2.75) is 20.3 Å². The highest BCUT2D eigenvalue weighted by Gasteiger charge is 1.95. The molecule has 2 N–H and O–H groups in total. The maximum Gasteiger partial charge on any atom is 0.185 e. The maximum atomic E-state index is 10.7. The van der Waals surface area contributed by atoms with Crippen LogP contribution in [0.3, 0.4) is 0 Å². The summed E-state index contributed by atoms with van der Waals surface area (Å²) in [6.07, 6.45) is 6.67. The second-order valence-electron chi connectivity index (χ2n) is 3.47. The van der Waals surface area contributed by atoms with Crippen molar-refractivity contribution in [3.8, 4) is 0 Å². The number of nitrogens with zero attached hydrogens (tertiary/aromatic N) is 1. The van der Waals surface area contributed by atoms with Crippen LogP contribution in [0, 0.1) is 6.92 Å². The molecule has 3 nitrogen and oxygen atoms in total. The minimum Gasteiger partial charge on any atom is -0.397 e. The summed E-state index contributed by atoms with van der Waals surface area (Å²) in [5.41, 5.74) is 8.30. The number of nitrogens with two attached hydrogens (primary N) is 1. The van der Waals surface area contributed by atoms with Crippen LogP contribution < -0.4 is 5.73 Å². The summed E-state index contributed by atoms with van der Waals surface area (Å²) in [6.45, 7) is 3.46. The summed E-state index contributed by atoms with van der Waals surface area (Å²) in [6, 6.07) is 1.90. The van der Waals surface area contributed by atoms with E-state index in [1.165, 1.54) is 11.8 Å². The Kier molecular flexibility index (Phi) is 5.05. The molecule has 0 amide bonds. The first-order valence-electron chi connectivity index (χ1n) is 5.11. The number of carbonyl (C=O) groups is 1. The molecule has 0 radical (unpaired) electrons. The van der Waals surface area contributed by atoms with E-state index in [0.717, 1.165) is 23.4 Å². The lowest BCUT2D eigenvalue weighted by molar-refractivity contribution is -0.109. The molecule has 0 aliphatic rings. The summed E-state index contributed by atoms with van der Waals surface area (Å²) in [5, 5.41) is 0.162. The van der Waals surface area contributed by atoms with Gasteiger partial charge in [-0.1, -0.05) is 23.9 Å². The van der Waals surface area contributed by atoms with Gasteiger partial charge in [0, 0.05) is 18.9 Å². The molecule has 86 valence electrons. The molecule has 0 saturated carbocycles.